The maximum Gasteiger partial charge on any atom is 0.256 e. The summed E-state index contributed by atoms with van der Waals surface area (Å²) in [6.07, 6.45) is 7.62. The summed E-state index contributed by atoms with van der Waals surface area (Å²) in [6.45, 7) is 0.742. The number of rotatable bonds is 5. The highest BCUT2D eigenvalue weighted by Crippen LogP contribution is 2.44. The van der Waals surface area contributed by atoms with Crippen LogP contribution in [0.25, 0.3) is 22.2 Å². The zero-order chi connectivity index (χ0) is 24.6. The average molecular weight is 475 g/mol. The van der Waals surface area contributed by atoms with Crippen molar-refractivity contribution >= 4 is 22.5 Å². The molecular weight excluding hydrogens is 452 g/mol. The summed E-state index contributed by atoms with van der Waals surface area (Å²) in [5.41, 5.74) is 4.34. The molecule has 1 aliphatic heterocycles. The predicted octanol–water partition coefficient (Wildman–Crippen LogP) is 5.49. The van der Waals surface area contributed by atoms with Gasteiger partial charge in [0, 0.05) is 48.5 Å². The van der Waals surface area contributed by atoms with E-state index in [1.54, 1.807) is 6.07 Å². The smallest absolute Gasteiger partial charge is 0.256 e. The van der Waals surface area contributed by atoms with E-state index in [-0.39, 0.29) is 23.5 Å². The summed E-state index contributed by atoms with van der Waals surface area (Å²) in [7, 11) is 0. The highest BCUT2D eigenvalue weighted by Gasteiger charge is 2.28. The van der Waals surface area contributed by atoms with Gasteiger partial charge >= 0.3 is 0 Å². The fourth-order valence-electron chi connectivity index (χ4n) is 5.08. The molecule has 1 saturated carbocycles. The Hall–Kier alpha value is -4.69. The Bertz CT molecular complexity index is 1570. The molecule has 36 heavy (non-hydrogen) atoms. The number of hydrogen-bond donors (Lipinski definition) is 0. The molecular formula is C28H22N6O2. The van der Waals surface area contributed by atoms with Gasteiger partial charge in [0.1, 0.15) is 17.9 Å². The molecule has 1 amide bonds. The van der Waals surface area contributed by atoms with Crippen LogP contribution in [0.5, 0.6) is 11.6 Å². The lowest BCUT2D eigenvalue weighted by Crippen LogP contribution is -2.23. The molecule has 2 fully saturated rings. The number of amides is 1. The van der Waals surface area contributed by atoms with E-state index in [1.807, 2.05) is 47.4 Å². The van der Waals surface area contributed by atoms with Crippen molar-refractivity contribution in [3.63, 3.8) is 0 Å². The summed E-state index contributed by atoms with van der Waals surface area (Å²) in [4.78, 5) is 22.2. The van der Waals surface area contributed by atoms with E-state index < -0.39 is 0 Å². The maximum absolute atomic E-state index is 12.2. The number of carbonyl (C=O) groups excluding carboxylic acids is 1. The summed E-state index contributed by atoms with van der Waals surface area (Å²) in [5.74, 6) is 0.824. The van der Waals surface area contributed by atoms with Gasteiger partial charge in [-0.2, -0.15) is 10.5 Å². The van der Waals surface area contributed by atoms with Crippen molar-refractivity contribution in [2.75, 3.05) is 11.4 Å². The third kappa shape index (κ3) is 3.55. The Labute approximate surface area is 208 Å². The minimum Gasteiger partial charge on any atom is -0.436 e. The summed E-state index contributed by atoms with van der Waals surface area (Å²) >= 11 is 0. The third-order valence-corrected chi connectivity index (χ3v) is 7.04. The molecule has 8 nitrogen and oxygen atoms in total. The Morgan fingerprint density at radius 3 is 2.44 bits per heavy atom. The average Bonchev–Trinajstić information content (AvgIpc) is 3.44. The number of anilines is 1. The first-order valence-corrected chi connectivity index (χ1v) is 12.1. The largest absolute Gasteiger partial charge is 0.436 e. The molecule has 0 bridgehead atoms. The van der Waals surface area contributed by atoms with Crippen LogP contribution in [0, 0.1) is 22.7 Å². The second-order valence-corrected chi connectivity index (χ2v) is 9.09. The van der Waals surface area contributed by atoms with Crippen LogP contribution in [-0.2, 0) is 4.79 Å². The molecule has 176 valence electrons. The van der Waals surface area contributed by atoms with Gasteiger partial charge in [-0.25, -0.2) is 9.97 Å². The standard InChI is InChI=1S/C28H22N6O2/c29-16-23-22-11-10-21(36-28-24(17-30)31-12-13-32-28)15-25(22)34(20-3-1-4-20)27(23)18-6-8-19(9-7-18)33-14-2-5-26(33)35/h6-13,15,20H,1-5,14H2. The molecule has 2 aliphatic rings. The zero-order valence-corrected chi connectivity index (χ0v) is 19.5. The van der Waals surface area contributed by atoms with Gasteiger partial charge in [-0.05, 0) is 55.5 Å². The monoisotopic (exact) mass is 474 g/mol. The van der Waals surface area contributed by atoms with Crippen molar-refractivity contribution in [2.45, 2.75) is 38.1 Å². The summed E-state index contributed by atoms with van der Waals surface area (Å²) < 4.78 is 8.19. The number of nitriles is 2. The first kappa shape index (κ1) is 21.8. The normalized spacial score (nSPS) is 15.5. The maximum atomic E-state index is 12.2. The van der Waals surface area contributed by atoms with E-state index >= 15 is 0 Å². The summed E-state index contributed by atoms with van der Waals surface area (Å²) in [5, 5.41) is 20.4. The quantitative estimate of drug-likeness (QED) is 0.379. The van der Waals surface area contributed by atoms with Gasteiger partial charge in [-0.1, -0.05) is 12.1 Å². The Morgan fingerprint density at radius 1 is 0.972 bits per heavy atom. The molecule has 1 aliphatic carbocycles. The fraction of sp³-hybridized carbons (Fsp3) is 0.250. The van der Waals surface area contributed by atoms with Crippen molar-refractivity contribution < 1.29 is 9.53 Å². The molecule has 0 N–H and O–H groups in total. The van der Waals surface area contributed by atoms with Crippen LogP contribution in [0.2, 0.25) is 0 Å². The van der Waals surface area contributed by atoms with Crippen molar-refractivity contribution in [2.24, 2.45) is 0 Å². The zero-order valence-electron chi connectivity index (χ0n) is 19.5. The Balaban J connectivity index is 1.46. The minimum absolute atomic E-state index is 0.113. The first-order chi connectivity index (χ1) is 17.7. The van der Waals surface area contributed by atoms with Crippen LogP contribution in [-0.4, -0.2) is 27.0 Å². The van der Waals surface area contributed by atoms with Crippen molar-refractivity contribution in [1.82, 2.24) is 14.5 Å². The van der Waals surface area contributed by atoms with Crippen LogP contribution < -0.4 is 9.64 Å². The first-order valence-electron chi connectivity index (χ1n) is 12.1. The van der Waals surface area contributed by atoms with Crippen molar-refractivity contribution in [3.8, 4) is 35.0 Å². The van der Waals surface area contributed by atoms with Crippen molar-refractivity contribution in [1.29, 1.82) is 10.5 Å². The summed E-state index contributed by atoms with van der Waals surface area (Å²) in [6, 6.07) is 18.2. The lowest BCUT2D eigenvalue weighted by atomic mass is 9.92. The van der Waals surface area contributed by atoms with E-state index in [4.69, 9.17) is 4.74 Å². The number of carbonyl (C=O) groups is 1. The molecule has 4 aromatic rings. The van der Waals surface area contributed by atoms with Gasteiger partial charge in [-0.3, -0.25) is 4.79 Å². The fourth-order valence-corrected chi connectivity index (χ4v) is 5.08. The minimum atomic E-state index is 0.113. The molecule has 0 radical (unpaired) electrons. The lowest BCUT2D eigenvalue weighted by molar-refractivity contribution is -0.117. The molecule has 1 saturated heterocycles. The SMILES string of the molecule is N#Cc1nccnc1Oc1ccc2c(C#N)c(-c3ccc(N4CCCC4=O)cc3)n(C3CCC3)c2c1. The van der Waals surface area contributed by atoms with Gasteiger partial charge in [0.15, 0.2) is 0 Å². The highest BCUT2D eigenvalue weighted by atomic mass is 16.5. The van der Waals surface area contributed by atoms with E-state index in [0.717, 1.165) is 60.1 Å². The molecule has 6 rings (SSSR count). The van der Waals surface area contributed by atoms with Crippen molar-refractivity contribution in [3.05, 3.63) is 66.1 Å². The Kier molecular flexibility index (Phi) is 5.35. The van der Waals surface area contributed by atoms with Gasteiger partial charge in [0.05, 0.1) is 16.8 Å². The van der Waals surface area contributed by atoms with E-state index in [9.17, 15) is 15.3 Å². The van der Waals surface area contributed by atoms with Gasteiger partial charge < -0.3 is 14.2 Å². The number of benzene rings is 2. The Morgan fingerprint density at radius 2 is 1.78 bits per heavy atom. The molecule has 3 heterocycles. The molecule has 2 aromatic carbocycles. The second-order valence-electron chi connectivity index (χ2n) is 9.09. The number of ether oxygens (including phenoxy) is 1. The number of aromatic nitrogens is 3. The molecule has 0 atom stereocenters. The number of fused-ring (bicyclic) bond motifs is 1. The molecule has 8 heteroatoms. The van der Waals surface area contributed by atoms with Crippen LogP contribution in [0.3, 0.4) is 0 Å². The highest BCUT2D eigenvalue weighted by molar-refractivity contribution is 5.97. The molecule has 0 unspecified atom stereocenters. The number of hydrogen-bond acceptors (Lipinski definition) is 6. The molecule has 2 aromatic heterocycles. The van der Waals surface area contributed by atoms with Gasteiger partial charge in [-0.15, -0.1) is 0 Å². The number of nitrogens with zero attached hydrogens (tertiary/aromatic N) is 6. The second kappa shape index (κ2) is 8.83. The van der Waals surface area contributed by atoms with Gasteiger partial charge in [0.2, 0.25) is 11.6 Å². The van der Waals surface area contributed by atoms with Crippen LogP contribution in [0.1, 0.15) is 49.4 Å². The van der Waals surface area contributed by atoms with Crippen LogP contribution >= 0.6 is 0 Å². The van der Waals surface area contributed by atoms with E-state index in [1.165, 1.54) is 12.4 Å². The van der Waals surface area contributed by atoms with Gasteiger partial charge in [0.25, 0.3) is 5.88 Å². The topological polar surface area (TPSA) is 108 Å². The van der Waals surface area contributed by atoms with E-state index in [0.29, 0.717) is 17.7 Å². The van der Waals surface area contributed by atoms with E-state index in [2.05, 4.69) is 20.6 Å². The lowest BCUT2D eigenvalue weighted by Gasteiger charge is -2.30. The van der Waals surface area contributed by atoms with Crippen LogP contribution in [0.15, 0.2) is 54.9 Å². The van der Waals surface area contributed by atoms with Crippen LogP contribution in [0.4, 0.5) is 5.69 Å². The molecule has 0 spiro atoms. The third-order valence-electron chi connectivity index (χ3n) is 7.04. The predicted molar refractivity (Wildman–Crippen MR) is 133 cm³/mol.